The van der Waals surface area contributed by atoms with Crippen LogP contribution in [0.2, 0.25) is 0 Å². The lowest BCUT2D eigenvalue weighted by Crippen LogP contribution is -2.13. The van der Waals surface area contributed by atoms with Crippen molar-refractivity contribution in [3.05, 3.63) is 52.8 Å². The minimum atomic E-state index is 0.199. The van der Waals surface area contributed by atoms with E-state index in [-0.39, 0.29) is 11.7 Å². The topological polar surface area (TPSA) is 34.9 Å². The summed E-state index contributed by atoms with van der Waals surface area (Å²) < 4.78 is 1.89. The molecule has 3 rings (SSSR count). The second kappa shape index (κ2) is 4.65. The average Bonchev–Trinajstić information content (AvgIpc) is 2.76. The Hall–Kier alpha value is -1.90. The van der Waals surface area contributed by atoms with Crippen molar-refractivity contribution in [1.82, 2.24) is 9.78 Å². The highest BCUT2D eigenvalue weighted by Gasteiger charge is 2.28. The van der Waals surface area contributed by atoms with E-state index in [4.69, 9.17) is 0 Å². The predicted octanol–water partition coefficient (Wildman–Crippen LogP) is 3.09. The monoisotopic (exact) mass is 254 g/mol. The van der Waals surface area contributed by atoms with Crippen molar-refractivity contribution in [3.8, 4) is 0 Å². The van der Waals surface area contributed by atoms with Crippen LogP contribution in [0.3, 0.4) is 0 Å². The van der Waals surface area contributed by atoms with E-state index in [2.05, 4.69) is 24.2 Å². The standard InChI is InChI=1S/C16H18N2O/c1-11(12-7-4-3-5-8-12)16-15-13(17-18(16)2)9-6-10-14(15)19/h3-5,7-8,11H,6,9-10H2,1-2H3. The fourth-order valence-electron chi connectivity index (χ4n) is 3.01. The Morgan fingerprint density at radius 2 is 1.95 bits per heavy atom. The Morgan fingerprint density at radius 3 is 2.68 bits per heavy atom. The highest BCUT2D eigenvalue weighted by molar-refractivity contribution is 5.99. The Bertz CT molecular complexity index is 613. The number of aryl methyl sites for hydroxylation is 2. The second-order valence-electron chi connectivity index (χ2n) is 5.24. The number of nitrogens with zero attached hydrogens (tertiary/aromatic N) is 2. The van der Waals surface area contributed by atoms with Gasteiger partial charge < -0.3 is 0 Å². The molecule has 98 valence electrons. The van der Waals surface area contributed by atoms with Gasteiger partial charge in [-0.15, -0.1) is 0 Å². The summed E-state index contributed by atoms with van der Waals surface area (Å²) in [6.45, 7) is 2.15. The Morgan fingerprint density at radius 1 is 1.21 bits per heavy atom. The van der Waals surface area contributed by atoms with Gasteiger partial charge in [0.25, 0.3) is 0 Å². The SMILES string of the molecule is CC(c1ccccc1)c1c2c(nn1C)CCCC2=O. The Balaban J connectivity index is 2.11. The van der Waals surface area contributed by atoms with E-state index in [9.17, 15) is 4.79 Å². The summed E-state index contributed by atoms with van der Waals surface area (Å²) in [5, 5.41) is 4.54. The summed E-state index contributed by atoms with van der Waals surface area (Å²) in [6.07, 6.45) is 2.52. The fourth-order valence-corrected chi connectivity index (χ4v) is 3.01. The number of hydrogen-bond acceptors (Lipinski definition) is 2. The third-order valence-electron chi connectivity index (χ3n) is 3.97. The van der Waals surface area contributed by atoms with Crippen molar-refractivity contribution in [2.45, 2.75) is 32.1 Å². The molecule has 0 spiro atoms. The number of hydrogen-bond donors (Lipinski definition) is 0. The summed E-state index contributed by atoms with van der Waals surface area (Å²) in [7, 11) is 1.94. The van der Waals surface area contributed by atoms with Gasteiger partial charge in [-0.05, 0) is 18.4 Å². The first-order chi connectivity index (χ1) is 9.18. The average molecular weight is 254 g/mol. The van der Waals surface area contributed by atoms with Crippen LogP contribution >= 0.6 is 0 Å². The van der Waals surface area contributed by atoms with Crippen LogP contribution in [0.15, 0.2) is 30.3 Å². The molecule has 3 heteroatoms. The molecule has 1 aromatic carbocycles. The first-order valence-electron chi connectivity index (χ1n) is 6.82. The zero-order valence-corrected chi connectivity index (χ0v) is 11.4. The molecular formula is C16H18N2O. The molecule has 3 nitrogen and oxygen atoms in total. The van der Waals surface area contributed by atoms with Gasteiger partial charge in [-0.25, -0.2) is 0 Å². The molecule has 0 N–H and O–H groups in total. The molecule has 0 fully saturated rings. The number of carbonyl (C=O) groups is 1. The maximum atomic E-state index is 12.2. The molecule has 0 saturated carbocycles. The lowest BCUT2D eigenvalue weighted by molar-refractivity contribution is 0.0971. The van der Waals surface area contributed by atoms with Crippen molar-refractivity contribution >= 4 is 5.78 Å². The molecule has 1 unspecified atom stereocenters. The van der Waals surface area contributed by atoms with Gasteiger partial charge in [0.1, 0.15) is 0 Å². The van der Waals surface area contributed by atoms with Gasteiger partial charge >= 0.3 is 0 Å². The van der Waals surface area contributed by atoms with E-state index in [0.717, 1.165) is 29.8 Å². The van der Waals surface area contributed by atoms with Crippen LogP contribution < -0.4 is 0 Å². The molecule has 0 bridgehead atoms. The van der Waals surface area contributed by atoms with E-state index in [1.54, 1.807) is 0 Å². The third-order valence-corrected chi connectivity index (χ3v) is 3.97. The van der Waals surface area contributed by atoms with Crippen LogP contribution in [0.1, 0.15) is 53.0 Å². The van der Waals surface area contributed by atoms with E-state index in [1.807, 2.05) is 29.9 Å². The highest BCUT2D eigenvalue weighted by atomic mass is 16.1. The number of benzene rings is 1. The Kier molecular flexibility index (Phi) is 2.97. The Labute approximate surface area is 113 Å². The molecular weight excluding hydrogens is 236 g/mol. The third kappa shape index (κ3) is 1.99. The number of aromatic nitrogens is 2. The number of fused-ring (bicyclic) bond motifs is 1. The summed E-state index contributed by atoms with van der Waals surface area (Å²) in [5.41, 5.74) is 4.15. The molecule has 2 aromatic rings. The van der Waals surface area contributed by atoms with Crippen molar-refractivity contribution < 1.29 is 4.79 Å². The van der Waals surface area contributed by atoms with Crippen molar-refractivity contribution in [3.63, 3.8) is 0 Å². The predicted molar refractivity (Wildman–Crippen MR) is 74.4 cm³/mol. The summed E-state index contributed by atoms with van der Waals surface area (Å²) in [5.74, 6) is 0.455. The van der Waals surface area contributed by atoms with Gasteiger partial charge in [0.15, 0.2) is 5.78 Å². The summed E-state index contributed by atoms with van der Waals surface area (Å²) in [4.78, 5) is 12.2. The first kappa shape index (κ1) is 12.2. The van der Waals surface area contributed by atoms with Crippen LogP contribution in [0.5, 0.6) is 0 Å². The molecule has 1 aliphatic rings. The lowest BCUT2D eigenvalue weighted by atomic mass is 9.88. The van der Waals surface area contributed by atoms with Gasteiger partial charge in [0.2, 0.25) is 0 Å². The molecule has 0 radical (unpaired) electrons. The molecule has 0 saturated heterocycles. The molecule has 0 aliphatic heterocycles. The van der Waals surface area contributed by atoms with Crippen molar-refractivity contribution in [2.24, 2.45) is 7.05 Å². The molecule has 1 heterocycles. The normalized spacial score (nSPS) is 16.2. The van der Waals surface area contributed by atoms with Crippen LogP contribution in [0.25, 0.3) is 0 Å². The van der Waals surface area contributed by atoms with Crippen LogP contribution in [-0.2, 0) is 13.5 Å². The zero-order valence-electron chi connectivity index (χ0n) is 11.4. The van der Waals surface area contributed by atoms with Gasteiger partial charge in [-0.3, -0.25) is 9.48 Å². The maximum absolute atomic E-state index is 12.2. The molecule has 0 amide bonds. The quantitative estimate of drug-likeness (QED) is 0.825. The summed E-state index contributed by atoms with van der Waals surface area (Å²) in [6, 6.07) is 10.3. The van der Waals surface area contributed by atoms with Crippen LogP contribution in [-0.4, -0.2) is 15.6 Å². The van der Waals surface area contributed by atoms with Gasteiger partial charge in [0, 0.05) is 19.4 Å². The highest BCUT2D eigenvalue weighted by Crippen LogP contribution is 2.32. The van der Waals surface area contributed by atoms with Gasteiger partial charge in [-0.1, -0.05) is 37.3 Å². The minimum absolute atomic E-state index is 0.199. The van der Waals surface area contributed by atoms with E-state index < -0.39 is 0 Å². The largest absolute Gasteiger partial charge is 0.294 e. The van der Waals surface area contributed by atoms with E-state index in [0.29, 0.717) is 6.42 Å². The second-order valence-corrected chi connectivity index (χ2v) is 5.24. The minimum Gasteiger partial charge on any atom is -0.294 e. The van der Waals surface area contributed by atoms with Crippen LogP contribution in [0.4, 0.5) is 0 Å². The van der Waals surface area contributed by atoms with Crippen molar-refractivity contribution in [2.75, 3.05) is 0 Å². The van der Waals surface area contributed by atoms with E-state index >= 15 is 0 Å². The maximum Gasteiger partial charge on any atom is 0.166 e. The molecule has 19 heavy (non-hydrogen) atoms. The zero-order chi connectivity index (χ0) is 13.4. The van der Waals surface area contributed by atoms with Gasteiger partial charge in [-0.2, -0.15) is 5.10 Å². The lowest BCUT2D eigenvalue weighted by Gasteiger charge is -2.16. The number of Topliss-reactive ketones (excluding diaryl/α,β-unsaturated/α-hetero) is 1. The fraction of sp³-hybridized carbons (Fsp3) is 0.375. The smallest absolute Gasteiger partial charge is 0.166 e. The number of ketones is 1. The number of carbonyl (C=O) groups excluding carboxylic acids is 1. The molecule has 1 aromatic heterocycles. The molecule has 1 aliphatic carbocycles. The van der Waals surface area contributed by atoms with Crippen LogP contribution in [0, 0.1) is 0 Å². The number of rotatable bonds is 2. The molecule has 1 atom stereocenters. The van der Waals surface area contributed by atoms with Gasteiger partial charge in [0.05, 0.1) is 17.0 Å². The van der Waals surface area contributed by atoms with Crippen molar-refractivity contribution in [1.29, 1.82) is 0 Å². The summed E-state index contributed by atoms with van der Waals surface area (Å²) >= 11 is 0. The van der Waals surface area contributed by atoms with E-state index in [1.165, 1.54) is 5.56 Å². The first-order valence-corrected chi connectivity index (χ1v) is 6.82.